The monoisotopic (exact) mass is 358 g/mol. The van der Waals surface area contributed by atoms with Gasteiger partial charge in [0.1, 0.15) is 5.75 Å². The number of rotatable bonds is 7. The molecule has 1 aromatic carbocycles. The molecule has 1 heterocycles. The Kier molecular flexibility index (Phi) is 6.58. The molecule has 1 saturated carbocycles. The van der Waals surface area contributed by atoms with Crippen LogP contribution in [0.2, 0.25) is 0 Å². The summed E-state index contributed by atoms with van der Waals surface area (Å²) in [4.78, 5) is 12.6. The number of piperidine rings is 1. The van der Waals surface area contributed by atoms with E-state index >= 15 is 0 Å². The summed E-state index contributed by atoms with van der Waals surface area (Å²) in [5, 5.41) is 6.73. The summed E-state index contributed by atoms with van der Waals surface area (Å²) in [5.74, 6) is 2.18. The van der Waals surface area contributed by atoms with Crippen LogP contribution in [0.5, 0.6) is 5.75 Å². The normalized spacial score (nSPS) is 23.4. The van der Waals surface area contributed by atoms with Gasteiger partial charge < -0.3 is 15.4 Å². The first-order chi connectivity index (χ1) is 12.6. The first-order valence-electron chi connectivity index (χ1n) is 10.2. The number of nitrogens with one attached hydrogen (secondary N) is 2. The number of amides is 1. The summed E-state index contributed by atoms with van der Waals surface area (Å²) in [5.41, 5.74) is 1.37. The number of hydrogen-bond donors (Lipinski definition) is 2. The van der Waals surface area contributed by atoms with Gasteiger partial charge in [0.05, 0.1) is 7.11 Å². The molecule has 1 amide bonds. The van der Waals surface area contributed by atoms with Gasteiger partial charge in [-0.1, -0.05) is 31.9 Å². The van der Waals surface area contributed by atoms with Crippen molar-refractivity contribution >= 4 is 5.91 Å². The first-order valence-corrected chi connectivity index (χ1v) is 10.2. The highest BCUT2D eigenvalue weighted by Crippen LogP contribution is 2.41. The van der Waals surface area contributed by atoms with Crippen molar-refractivity contribution in [2.24, 2.45) is 11.8 Å². The van der Waals surface area contributed by atoms with Gasteiger partial charge in [0.15, 0.2) is 0 Å². The van der Waals surface area contributed by atoms with Gasteiger partial charge in [-0.3, -0.25) is 4.79 Å². The van der Waals surface area contributed by atoms with Gasteiger partial charge in [-0.05, 0) is 68.3 Å². The molecule has 2 fully saturated rings. The van der Waals surface area contributed by atoms with E-state index in [1.807, 2.05) is 6.07 Å². The topological polar surface area (TPSA) is 50.4 Å². The molecular formula is C22H34N2O2. The minimum Gasteiger partial charge on any atom is -0.497 e. The van der Waals surface area contributed by atoms with E-state index in [0.29, 0.717) is 18.3 Å². The Morgan fingerprint density at radius 1 is 1.35 bits per heavy atom. The molecule has 1 aliphatic heterocycles. The Morgan fingerprint density at radius 2 is 2.15 bits per heavy atom. The number of methoxy groups -OCH3 is 1. The maximum atomic E-state index is 12.6. The minimum absolute atomic E-state index is 0.0693. The summed E-state index contributed by atoms with van der Waals surface area (Å²) in [6, 6.07) is 8.39. The minimum atomic E-state index is 0.0693. The Hall–Kier alpha value is -1.55. The fourth-order valence-electron chi connectivity index (χ4n) is 4.74. The molecule has 0 radical (unpaired) electrons. The molecule has 0 bridgehead atoms. The van der Waals surface area contributed by atoms with E-state index in [1.165, 1.54) is 31.2 Å². The lowest BCUT2D eigenvalue weighted by molar-refractivity contribution is -0.122. The molecule has 144 valence electrons. The van der Waals surface area contributed by atoms with E-state index in [0.717, 1.165) is 38.2 Å². The van der Waals surface area contributed by atoms with Gasteiger partial charge in [-0.15, -0.1) is 0 Å². The van der Waals surface area contributed by atoms with Crippen LogP contribution >= 0.6 is 0 Å². The van der Waals surface area contributed by atoms with Crippen molar-refractivity contribution in [1.82, 2.24) is 10.6 Å². The summed E-state index contributed by atoms with van der Waals surface area (Å²) in [7, 11) is 1.71. The zero-order chi connectivity index (χ0) is 18.4. The Labute approximate surface area is 158 Å². The predicted molar refractivity (Wildman–Crippen MR) is 106 cm³/mol. The molecule has 0 spiro atoms. The van der Waals surface area contributed by atoms with Gasteiger partial charge >= 0.3 is 0 Å². The summed E-state index contributed by atoms with van der Waals surface area (Å²) >= 11 is 0. The molecule has 4 nitrogen and oxygen atoms in total. The maximum Gasteiger partial charge on any atom is 0.220 e. The van der Waals surface area contributed by atoms with Crippen molar-refractivity contribution in [2.45, 2.75) is 57.3 Å². The van der Waals surface area contributed by atoms with Crippen LogP contribution in [0.25, 0.3) is 0 Å². The zero-order valence-electron chi connectivity index (χ0n) is 16.4. The fourth-order valence-corrected chi connectivity index (χ4v) is 4.74. The van der Waals surface area contributed by atoms with Crippen molar-refractivity contribution in [3.63, 3.8) is 0 Å². The highest BCUT2D eigenvalue weighted by atomic mass is 16.5. The van der Waals surface area contributed by atoms with Crippen molar-refractivity contribution in [3.05, 3.63) is 29.8 Å². The summed E-state index contributed by atoms with van der Waals surface area (Å²) in [6.45, 7) is 5.15. The number of carbonyl (C=O) groups excluding carboxylic acids is 1. The first kappa shape index (κ1) is 19.2. The molecule has 1 aliphatic carbocycles. The number of carbonyl (C=O) groups is 1. The molecule has 1 saturated heterocycles. The van der Waals surface area contributed by atoms with E-state index in [2.05, 4.69) is 35.8 Å². The lowest BCUT2D eigenvalue weighted by atomic mass is 9.78. The van der Waals surface area contributed by atoms with Gasteiger partial charge in [-0.25, -0.2) is 0 Å². The molecule has 26 heavy (non-hydrogen) atoms. The highest BCUT2D eigenvalue weighted by molar-refractivity contribution is 5.76. The second-order valence-corrected chi connectivity index (χ2v) is 8.28. The summed E-state index contributed by atoms with van der Waals surface area (Å²) in [6.07, 6.45) is 7.87. The van der Waals surface area contributed by atoms with Crippen LogP contribution in [0.15, 0.2) is 24.3 Å². The van der Waals surface area contributed by atoms with Crippen LogP contribution in [-0.4, -0.2) is 32.7 Å². The number of benzene rings is 1. The van der Waals surface area contributed by atoms with Crippen LogP contribution in [0.4, 0.5) is 0 Å². The van der Waals surface area contributed by atoms with Crippen molar-refractivity contribution in [2.75, 3.05) is 26.7 Å². The van der Waals surface area contributed by atoms with Gasteiger partial charge in [-0.2, -0.15) is 0 Å². The highest BCUT2D eigenvalue weighted by Gasteiger charge is 2.36. The lowest BCUT2D eigenvalue weighted by Gasteiger charge is -2.31. The molecule has 2 atom stereocenters. The predicted octanol–water partition coefficient (Wildman–Crippen LogP) is 3.65. The van der Waals surface area contributed by atoms with Gasteiger partial charge in [0.2, 0.25) is 5.91 Å². The van der Waals surface area contributed by atoms with Gasteiger partial charge in [0.25, 0.3) is 0 Å². The third-order valence-electron chi connectivity index (χ3n) is 6.51. The van der Waals surface area contributed by atoms with Crippen molar-refractivity contribution < 1.29 is 9.53 Å². The van der Waals surface area contributed by atoms with Crippen LogP contribution in [0.3, 0.4) is 0 Å². The fraction of sp³-hybridized carbons (Fsp3) is 0.682. The Bertz CT molecular complexity index is 590. The molecule has 2 unspecified atom stereocenters. The molecule has 0 aromatic heterocycles. The third-order valence-corrected chi connectivity index (χ3v) is 6.51. The summed E-state index contributed by atoms with van der Waals surface area (Å²) < 4.78 is 5.41. The van der Waals surface area contributed by atoms with Crippen LogP contribution in [-0.2, 0) is 10.2 Å². The molecule has 3 rings (SSSR count). The average Bonchev–Trinajstić information content (AvgIpc) is 3.17. The third kappa shape index (κ3) is 4.59. The molecule has 1 aromatic rings. The largest absolute Gasteiger partial charge is 0.497 e. The quantitative estimate of drug-likeness (QED) is 0.782. The molecule has 4 heteroatoms. The Balaban J connectivity index is 1.59. The standard InChI is InChI=1S/C22H34N2O2/c1-17(18-7-6-12-23-15-18)13-21(25)24-16-22(10-3-4-11-22)19-8-5-9-20(14-19)26-2/h5,8-9,14,17-18,23H,3-4,6-7,10-13,15-16H2,1-2H3,(H,24,25). The van der Waals surface area contributed by atoms with E-state index in [9.17, 15) is 4.79 Å². The van der Waals surface area contributed by atoms with Crippen molar-refractivity contribution in [3.8, 4) is 5.75 Å². The van der Waals surface area contributed by atoms with Gasteiger partial charge in [0, 0.05) is 18.4 Å². The lowest BCUT2D eigenvalue weighted by Crippen LogP contribution is -2.40. The van der Waals surface area contributed by atoms with Crippen LogP contribution in [0, 0.1) is 11.8 Å². The van der Waals surface area contributed by atoms with Crippen LogP contribution in [0.1, 0.15) is 57.4 Å². The van der Waals surface area contributed by atoms with E-state index in [-0.39, 0.29) is 11.3 Å². The maximum absolute atomic E-state index is 12.6. The zero-order valence-corrected chi connectivity index (χ0v) is 16.4. The smallest absolute Gasteiger partial charge is 0.220 e. The second-order valence-electron chi connectivity index (χ2n) is 8.28. The molecule has 2 N–H and O–H groups in total. The van der Waals surface area contributed by atoms with Crippen LogP contribution < -0.4 is 15.4 Å². The van der Waals surface area contributed by atoms with Crippen molar-refractivity contribution in [1.29, 1.82) is 0 Å². The SMILES string of the molecule is COc1cccc(C2(CNC(=O)CC(C)C3CCCNC3)CCCC2)c1. The molecule has 2 aliphatic rings. The average molecular weight is 359 g/mol. The van der Waals surface area contributed by atoms with E-state index in [1.54, 1.807) is 7.11 Å². The number of hydrogen-bond acceptors (Lipinski definition) is 3. The second kappa shape index (κ2) is 8.90. The number of ether oxygens (including phenoxy) is 1. The molecular weight excluding hydrogens is 324 g/mol. The van der Waals surface area contributed by atoms with E-state index < -0.39 is 0 Å². The van der Waals surface area contributed by atoms with E-state index in [4.69, 9.17) is 4.74 Å². The Morgan fingerprint density at radius 3 is 2.85 bits per heavy atom.